The van der Waals surface area contributed by atoms with Crippen molar-refractivity contribution in [2.75, 3.05) is 0 Å². The molecule has 0 spiro atoms. The third-order valence-corrected chi connectivity index (χ3v) is 7.26. The van der Waals surface area contributed by atoms with E-state index < -0.39 is 7.14 Å². The van der Waals surface area contributed by atoms with Crippen molar-refractivity contribution >= 4 is 17.8 Å². The largest absolute Gasteiger partial charge is 0.313 e. The van der Waals surface area contributed by atoms with E-state index in [1.807, 2.05) is 75.4 Å². The van der Waals surface area contributed by atoms with Crippen LogP contribution in [0.2, 0.25) is 0 Å². The van der Waals surface area contributed by atoms with Crippen molar-refractivity contribution in [3.63, 3.8) is 0 Å². The monoisotopic (exact) mass is 296 g/mol. The Hall–Kier alpha value is -1.81. The van der Waals surface area contributed by atoms with Crippen LogP contribution < -0.4 is 5.30 Å². The molecule has 0 heterocycles. The van der Waals surface area contributed by atoms with Crippen molar-refractivity contribution in [2.24, 2.45) is 0 Å². The maximum absolute atomic E-state index is 13.8. The third-order valence-electron chi connectivity index (χ3n) is 3.66. The Morgan fingerprint density at radius 1 is 1.10 bits per heavy atom. The van der Waals surface area contributed by atoms with Gasteiger partial charge >= 0.3 is 0 Å². The second-order valence-electron chi connectivity index (χ2n) is 5.48. The summed E-state index contributed by atoms with van der Waals surface area (Å²) in [6.07, 6.45) is 0. The molecule has 0 saturated carbocycles. The van der Waals surface area contributed by atoms with Gasteiger partial charge in [-0.15, -0.1) is 5.73 Å². The molecule has 0 saturated heterocycles. The number of hydrogen-bond acceptors (Lipinski definition) is 1. The van der Waals surface area contributed by atoms with Gasteiger partial charge in [0.25, 0.3) is 0 Å². The molecule has 0 radical (unpaired) electrons. The zero-order chi connectivity index (χ0) is 15.5. The standard InChI is InChI=1S/C19H21OP/c1-5-19(17-11-9-10-16(4)14-17)21(20,15(2)3)18-12-7-6-8-13-18/h6-15H,1H2,2-4H3/t21-/m0/s1. The average molecular weight is 296 g/mol. The molecule has 2 aromatic carbocycles. The molecular weight excluding hydrogens is 275 g/mol. The number of aryl methyl sites for hydroxylation is 1. The molecule has 0 aromatic heterocycles. The van der Waals surface area contributed by atoms with Crippen molar-refractivity contribution < 1.29 is 4.57 Å². The summed E-state index contributed by atoms with van der Waals surface area (Å²) in [5.74, 6) is 0. The summed E-state index contributed by atoms with van der Waals surface area (Å²) >= 11 is 0. The summed E-state index contributed by atoms with van der Waals surface area (Å²) in [5, 5.41) is 1.60. The minimum Gasteiger partial charge on any atom is -0.313 e. The molecule has 0 unspecified atom stereocenters. The van der Waals surface area contributed by atoms with Gasteiger partial charge in [-0.3, -0.25) is 0 Å². The van der Waals surface area contributed by atoms with Crippen molar-refractivity contribution in [1.82, 2.24) is 0 Å². The first kappa shape index (κ1) is 15.6. The molecule has 0 amide bonds. The van der Waals surface area contributed by atoms with Crippen LogP contribution in [-0.2, 0) is 4.57 Å². The topological polar surface area (TPSA) is 17.1 Å². The van der Waals surface area contributed by atoms with Gasteiger partial charge in [-0.1, -0.05) is 80.6 Å². The van der Waals surface area contributed by atoms with Crippen LogP contribution in [0.25, 0.3) is 5.31 Å². The second-order valence-corrected chi connectivity index (χ2v) is 8.79. The summed E-state index contributed by atoms with van der Waals surface area (Å²) in [4.78, 5) is 0. The summed E-state index contributed by atoms with van der Waals surface area (Å²) in [6, 6.07) is 17.7. The molecular formula is C19H21OP. The van der Waals surface area contributed by atoms with E-state index in [0.717, 1.165) is 21.7 Å². The van der Waals surface area contributed by atoms with E-state index in [9.17, 15) is 4.57 Å². The number of rotatable bonds is 4. The lowest BCUT2D eigenvalue weighted by Crippen LogP contribution is -2.13. The fourth-order valence-electron chi connectivity index (χ4n) is 2.54. The molecule has 0 fully saturated rings. The molecule has 2 heteroatoms. The van der Waals surface area contributed by atoms with Crippen molar-refractivity contribution in [3.8, 4) is 0 Å². The van der Waals surface area contributed by atoms with Gasteiger partial charge in [0, 0.05) is 11.0 Å². The lowest BCUT2D eigenvalue weighted by atomic mass is 10.1. The predicted octanol–water partition coefficient (Wildman–Crippen LogP) is 5.22. The van der Waals surface area contributed by atoms with Gasteiger partial charge in [-0.25, -0.2) is 0 Å². The van der Waals surface area contributed by atoms with Crippen LogP contribution in [0.15, 0.2) is 66.9 Å². The van der Waals surface area contributed by atoms with E-state index >= 15 is 0 Å². The van der Waals surface area contributed by atoms with Gasteiger partial charge in [0.05, 0.1) is 5.31 Å². The third kappa shape index (κ3) is 2.95. The molecule has 21 heavy (non-hydrogen) atoms. The highest BCUT2D eigenvalue weighted by molar-refractivity contribution is 7.81. The lowest BCUT2D eigenvalue weighted by molar-refractivity contribution is 0.582. The Kier molecular flexibility index (Phi) is 4.68. The first-order chi connectivity index (χ1) is 10.00. The fourth-order valence-corrected chi connectivity index (χ4v) is 5.28. The quantitative estimate of drug-likeness (QED) is 0.558. The van der Waals surface area contributed by atoms with Crippen molar-refractivity contribution in [3.05, 3.63) is 78.0 Å². The predicted molar refractivity (Wildman–Crippen MR) is 92.5 cm³/mol. The molecule has 2 rings (SSSR count). The van der Waals surface area contributed by atoms with Crippen LogP contribution in [0.4, 0.5) is 0 Å². The molecule has 0 aliphatic carbocycles. The maximum Gasteiger partial charge on any atom is 0.153 e. The molecule has 0 aliphatic heterocycles. The van der Waals surface area contributed by atoms with E-state index in [4.69, 9.17) is 0 Å². The van der Waals surface area contributed by atoms with Gasteiger partial charge in [-0.2, -0.15) is 0 Å². The van der Waals surface area contributed by atoms with Crippen LogP contribution in [0.1, 0.15) is 25.0 Å². The van der Waals surface area contributed by atoms with Crippen LogP contribution in [0.3, 0.4) is 0 Å². The Bertz CT molecular complexity index is 722. The smallest absolute Gasteiger partial charge is 0.153 e. The zero-order valence-corrected chi connectivity index (χ0v) is 13.7. The molecule has 0 aliphatic rings. The Balaban J connectivity index is 2.67. The van der Waals surface area contributed by atoms with Gasteiger partial charge in [-0.05, 0) is 12.5 Å². The van der Waals surface area contributed by atoms with E-state index in [1.165, 1.54) is 0 Å². The SMILES string of the molecule is C=C=C(c1cccc(C)c1)[P@@](=O)(c1ccccc1)C(C)C. The number of hydrogen-bond donors (Lipinski definition) is 0. The molecule has 108 valence electrons. The minimum atomic E-state index is -2.75. The van der Waals surface area contributed by atoms with Gasteiger partial charge in [0.2, 0.25) is 0 Å². The van der Waals surface area contributed by atoms with Gasteiger partial charge < -0.3 is 4.57 Å². The first-order valence-corrected chi connectivity index (χ1v) is 8.90. The van der Waals surface area contributed by atoms with Crippen molar-refractivity contribution in [2.45, 2.75) is 26.4 Å². The van der Waals surface area contributed by atoms with Crippen LogP contribution >= 0.6 is 7.14 Å². The molecule has 0 N–H and O–H groups in total. The van der Waals surface area contributed by atoms with Crippen LogP contribution in [0.5, 0.6) is 0 Å². The Morgan fingerprint density at radius 2 is 1.76 bits per heavy atom. The highest BCUT2D eigenvalue weighted by Gasteiger charge is 2.34. The van der Waals surface area contributed by atoms with Crippen LogP contribution in [0, 0.1) is 6.92 Å². The first-order valence-electron chi connectivity index (χ1n) is 7.13. The summed E-state index contributed by atoms with van der Waals surface area (Å²) in [7, 11) is -2.75. The van der Waals surface area contributed by atoms with Crippen LogP contribution in [-0.4, -0.2) is 5.66 Å². The summed E-state index contributed by atoms with van der Waals surface area (Å²) < 4.78 is 13.8. The van der Waals surface area contributed by atoms with E-state index in [2.05, 4.69) is 12.3 Å². The van der Waals surface area contributed by atoms with Gasteiger partial charge in [0.15, 0.2) is 7.14 Å². The highest BCUT2D eigenvalue weighted by Crippen LogP contribution is 2.60. The zero-order valence-electron chi connectivity index (χ0n) is 12.8. The average Bonchev–Trinajstić information content (AvgIpc) is 2.48. The maximum atomic E-state index is 13.8. The van der Waals surface area contributed by atoms with E-state index in [1.54, 1.807) is 0 Å². The lowest BCUT2D eigenvalue weighted by Gasteiger charge is -2.24. The molecule has 1 atom stereocenters. The molecule has 2 aromatic rings. The molecule has 0 bridgehead atoms. The normalized spacial score (nSPS) is 13.5. The second kappa shape index (κ2) is 6.31. The highest BCUT2D eigenvalue weighted by atomic mass is 31.2. The molecule has 1 nitrogen and oxygen atoms in total. The summed E-state index contributed by atoms with van der Waals surface area (Å²) in [5.41, 5.74) is 5.07. The summed E-state index contributed by atoms with van der Waals surface area (Å²) in [6.45, 7) is 9.84. The van der Waals surface area contributed by atoms with Gasteiger partial charge in [0.1, 0.15) is 0 Å². The number of benzene rings is 2. The van der Waals surface area contributed by atoms with E-state index in [-0.39, 0.29) is 5.66 Å². The van der Waals surface area contributed by atoms with E-state index in [0.29, 0.717) is 0 Å². The van der Waals surface area contributed by atoms with Crippen molar-refractivity contribution in [1.29, 1.82) is 0 Å². The Labute approximate surface area is 127 Å². The minimum absolute atomic E-state index is 0.00432. The Morgan fingerprint density at radius 3 is 2.29 bits per heavy atom. The fraction of sp³-hybridized carbons (Fsp3) is 0.211.